The van der Waals surface area contributed by atoms with Crippen molar-refractivity contribution < 1.29 is 9.53 Å². The highest BCUT2D eigenvalue weighted by atomic mass is 16.5. The van der Waals surface area contributed by atoms with E-state index < -0.39 is 0 Å². The van der Waals surface area contributed by atoms with Crippen molar-refractivity contribution in [1.29, 1.82) is 0 Å². The van der Waals surface area contributed by atoms with Crippen LogP contribution in [0.4, 0.5) is 0 Å². The van der Waals surface area contributed by atoms with E-state index in [1.807, 2.05) is 16.7 Å². The Kier molecular flexibility index (Phi) is 3.88. The molecule has 0 aliphatic carbocycles. The zero-order chi connectivity index (χ0) is 14.8. The Morgan fingerprint density at radius 3 is 3.05 bits per heavy atom. The number of carbonyl (C=O) groups excluding carboxylic acids is 1. The van der Waals surface area contributed by atoms with Gasteiger partial charge in [-0.25, -0.2) is 4.79 Å². The minimum absolute atomic E-state index is 0.380. The quantitative estimate of drug-likeness (QED) is 0.802. The number of pyridine rings is 1. The van der Waals surface area contributed by atoms with E-state index >= 15 is 0 Å². The molecule has 2 aromatic rings. The van der Waals surface area contributed by atoms with Crippen LogP contribution in [-0.2, 0) is 11.2 Å². The van der Waals surface area contributed by atoms with Crippen LogP contribution in [0.2, 0.25) is 0 Å². The molecule has 0 aromatic carbocycles. The molecule has 1 fully saturated rings. The lowest BCUT2D eigenvalue weighted by Gasteiger charge is -2.31. The molecule has 21 heavy (non-hydrogen) atoms. The second-order valence-electron chi connectivity index (χ2n) is 5.56. The molecule has 1 aliphatic rings. The maximum absolute atomic E-state index is 11.8. The average Bonchev–Trinajstić information content (AvgIpc) is 2.92. The number of nitrogens with zero attached hydrogens (tertiary/aromatic N) is 4. The Bertz CT molecular complexity index is 652. The lowest BCUT2D eigenvalue weighted by atomic mass is 10.00. The van der Waals surface area contributed by atoms with Gasteiger partial charge in [-0.15, -0.1) is 10.2 Å². The van der Waals surface area contributed by atoms with Crippen molar-refractivity contribution in [3.8, 4) is 0 Å². The molecule has 0 amide bonds. The van der Waals surface area contributed by atoms with Gasteiger partial charge >= 0.3 is 5.97 Å². The van der Waals surface area contributed by atoms with Crippen LogP contribution in [-0.4, -0.2) is 52.2 Å². The summed E-state index contributed by atoms with van der Waals surface area (Å²) in [5.41, 5.74) is 1.02. The first-order valence-corrected chi connectivity index (χ1v) is 7.32. The summed E-state index contributed by atoms with van der Waals surface area (Å²) in [5, 5.41) is 8.45. The smallest absolute Gasteiger partial charge is 0.341 e. The summed E-state index contributed by atoms with van der Waals surface area (Å²) >= 11 is 0. The third-order valence-corrected chi connectivity index (χ3v) is 4.25. The van der Waals surface area contributed by atoms with E-state index in [0.717, 1.165) is 18.8 Å². The third-order valence-electron chi connectivity index (χ3n) is 4.25. The van der Waals surface area contributed by atoms with E-state index in [4.69, 9.17) is 4.74 Å². The van der Waals surface area contributed by atoms with Gasteiger partial charge in [0.05, 0.1) is 7.11 Å². The van der Waals surface area contributed by atoms with Crippen molar-refractivity contribution in [3.05, 3.63) is 29.7 Å². The molecular weight excluding hydrogens is 268 g/mol. The summed E-state index contributed by atoms with van der Waals surface area (Å²) < 4.78 is 6.69. The minimum atomic E-state index is -0.380. The number of fused-ring (bicyclic) bond motifs is 1. The van der Waals surface area contributed by atoms with E-state index in [1.54, 1.807) is 6.07 Å². The van der Waals surface area contributed by atoms with Gasteiger partial charge in [-0.1, -0.05) is 6.42 Å². The van der Waals surface area contributed by atoms with Crippen LogP contribution in [0.3, 0.4) is 0 Å². The highest BCUT2D eigenvalue weighted by molar-refractivity contribution is 5.95. The summed E-state index contributed by atoms with van der Waals surface area (Å²) in [4.78, 5) is 14.2. The summed E-state index contributed by atoms with van der Waals surface area (Å²) in [7, 11) is 3.53. The number of methoxy groups -OCH3 is 1. The van der Waals surface area contributed by atoms with Crippen molar-refractivity contribution >= 4 is 11.6 Å². The fraction of sp³-hybridized carbons (Fsp3) is 0.533. The Hall–Kier alpha value is -1.95. The van der Waals surface area contributed by atoms with Gasteiger partial charge in [0.25, 0.3) is 0 Å². The van der Waals surface area contributed by atoms with Gasteiger partial charge in [0.15, 0.2) is 5.65 Å². The fourth-order valence-electron chi connectivity index (χ4n) is 2.99. The third kappa shape index (κ3) is 2.63. The summed E-state index contributed by atoms with van der Waals surface area (Å²) in [6.07, 6.45) is 6.46. The number of piperidine rings is 1. The number of likely N-dealkylation sites (N-methyl/N-ethyl adjacent to an activating group) is 1. The van der Waals surface area contributed by atoms with Crippen molar-refractivity contribution in [3.63, 3.8) is 0 Å². The van der Waals surface area contributed by atoms with Crippen LogP contribution in [0.1, 0.15) is 35.4 Å². The summed E-state index contributed by atoms with van der Waals surface area (Å²) in [5.74, 6) is 0.517. The first-order valence-electron chi connectivity index (χ1n) is 7.32. The zero-order valence-electron chi connectivity index (χ0n) is 12.5. The van der Waals surface area contributed by atoms with Crippen molar-refractivity contribution in [2.24, 2.45) is 0 Å². The largest absolute Gasteiger partial charge is 0.465 e. The Balaban J connectivity index is 1.91. The topological polar surface area (TPSA) is 59.7 Å². The van der Waals surface area contributed by atoms with Gasteiger partial charge in [-0.05, 0) is 38.6 Å². The monoisotopic (exact) mass is 288 g/mol. The number of likely N-dealkylation sites (tertiary alicyclic amines) is 1. The van der Waals surface area contributed by atoms with E-state index in [-0.39, 0.29) is 5.97 Å². The predicted molar refractivity (Wildman–Crippen MR) is 78.3 cm³/mol. The molecule has 1 saturated heterocycles. The summed E-state index contributed by atoms with van der Waals surface area (Å²) in [6.45, 7) is 1.13. The van der Waals surface area contributed by atoms with Crippen LogP contribution in [0.15, 0.2) is 18.3 Å². The predicted octanol–water partition coefficient (Wildman–Crippen LogP) is 1.54. The lowest BCUT2D eigenvalue weighted by Crippen LogP contribution is -2.38. The molecule has 2 aromatic heterocycles. The van der Waals surface area contributed by atoms with Crippen LogP contribution < -0.4 is 0 Å². The molecule has 0 saturated carbocycles. The first-order chi connectivity index (χ1) is 10.2. The molecule has 0 bridgehead atoms. The molecule has 0 spiro atoms. The summed E-state index contributed by atoms with van der Waals surface area (Å²) in [6, 6.07) is 4.04. The van der Waals surface area contributed by atoms with Gasteiger partial charge in [0.2, 0.25) is 0 Å². The number of ether oxygens (including phenoxy) is 1. The molecule has 0 radical (unpaired) electrons. The number of rotatable bonds is 3. The highest BCUT2D eigenvalue weighted by Crippen LogP contribution is 2.19. The molecule has 3 heterocycles. The van der Waals surface area contributed by atoms with Gasteiger partial charge in [0, 0.05) is 18.7 Å². The minimum Gasteiger partial charge on any atom is -0.465 e. The van der Waals surface area contributed by atoms with Gasteiger partial charge < -0.3 is 9.64 Å². The molecule has 0 N–H and O–H groups in total. The number of aromatic nitrogens is 3. The lowest BCUT2D eigenvalue weighted by molar-refractivity contribution is 0.0602. The number of hydrogen-bond donors (Lipinski definition) is 0. The van der Waals surface area contributed by atoms with Crippen molar-refractivity contribution in [2.75, 3.05) is 20.7 Å². The van der Waals surface area contributed by atoms with Crippen LogP contribution in [0.5, 0.6) is 0 Å². The van der Waals surface area contributed by atoms with E-state index in [2.05, 4.69) is 22.1 Å². The molecular formula is C15H20N4O2. The molecule has 1 atom stereocenters. The first kappa shape index (κ1) is 14.0. The maximum atomic E-state index is 11.8. The molecule has 112 valence electrons. The van der Waals surface area contributed by atoms with Crippen molar-refractivity contribution in [1.82, 2.24) is 19.5 Å². The fourth-order valence-corrected chi connectivity index (χ4v) is 2.99. The molecule has 1 unspecified atom stereocenters. The zero-order valence-corrected chi connectivity index (χ0v) is 12.5. The standard InChI is InChI=1S/C15H20N4O2/c1-18-8-4-3-6-11(18)10-13-16-17-14-12(15(20)21-2)7-5-9-19(13)14/h5,7,9,11H,3-4,6,8,10H2,1-2H3. The molecule has 6 nitrogen and oxygen atoms in total. The number of esters is 1. The number of carbonyl (C=O) groups is 1. The number of hydrogen-bond acceptors (Lipinski definition) is 5. The Morgan fingerprint density at radius 2 is 2.29 bits per heavy atom. The normalized spacial score (nSPS) is 19.8. The van der Waals surface area contributed by atoms with Gasteiger partial charge in [-0.3, -0.25) is 4.40 Å². The van der Waals surface area contributed by atoms with Crippen LogP contribution in [0, 0.1) is 0 Å². The van der Waals surface area contributed by atoms with E-state index in [0.29, 0.717) is 17.3 Å². The van der Waals surface area contributed by atoms with Crippen molar-refractivity contribution in [2.45, 2.75) is 31.7 Å². The van der Waals surface area contributed by atoms with Gasteiger partial charge in [0.1, 0.15) is 11.4 Å². The highest BCUT2D eigenvalue weighted by Gasteiger charge is 2.22. The molecule has 6 heteroatoms. The Labute approximate surface area is 123 Å². The van der Waals surface area contributed by atoms with E-state index in [1.165, 1.54) is 26.4 Å². The average molecular weight is 288 g/mol. The second-order valence-corrected chi connectivity index (χ2v) is 5.56. The molecule has 3 rings (SSSR count). The SMILES string of the molecule is COC(=O)c1cccn2c(CC3CCCCN3C)nnc12. The van der Waals surface area contributed by atoms with Crippen LogP contribution >= 0.6 is 0 Å². The van der Waals surface area contributed by atoms with Crippen LogP contribution in [0.25, 0.3) is 5.65 Å². The van der Waals surface area contributed by atoms with Gasteiger partial charge in [-0.2, -0.15) is 0 Å². The maximum Gasteiger partial charge on any atom is 0.341 e. The second kappa shape index (κ2) is 5.81. The Morgan fingerprint density at radius 1 is 1.43 bits per heavy atom. The molecule has 1 aliphatic heterocycles. The van der Waals surface area contributed by atoms with E-state index in [9.17, 15) is 4.79 Å².